The molecule has 6 aromatic rings. The molecule has 0 atom stereocenters. The summed E-state index contributed by atoms with van der Waals surface area (Å²) < 4.78 is 17.0. The van der Waals surface area contributed by atoms with Crippen molar-refractivity contribution >= 4 is 89.0 Å². The van der Waals surface area contributed by atoms with Crippen molar-refractivity contribution in [1.29, 1.82) is 0 Å². The van der Waals surface area contributed by atoms with Crippen LogP contribution < -0.4 is 24.2 Å². The van der Waals surface area contributed by atoms with E-state index in [0.29, 0.717) is 46.3 Å². The SMILES string of the molecule is CC(C)Oc1ccccc1[CH]=[Ru]([Cl])[Cl].CC(C)Oc1ccccc1[CH]=[Ru]([Cl])[Cl].CC(C)c1cccc(C(C)C)c1N1[CH-]C(C)(C)CC1.CC(C)c1cccc(C(C)C)c1N1[CH-]C(C)(C)CC1(C)C.CC(C)c1cccc(C(C)C)c1N1[CH-]C2(CCCCC2)CC1(C)C.[Cl][Ru]([Cl])=[CH]CCc1ccccn1. The van der Waals surface area contributed by atoms with Gasteiger partial charge in [-0.3, -0.25) is 0 Å². The molecule has 1 saturated carbocycles. The van der Waals surface area contributed by atoms with Crippen molar-refractivity contribution in [2.75, 3.05) is 21.2 Å². The summed E-state index contributed by atoms with van der Waals surface area (Å²) in [6, 6.07) is 42.1. The standard InChI is InChI=1S/C23H36N.C20H32N.C18H28N.2C10H12O.C8H9N.6ClH.3Ru/c1-17(2)19-11-10-12-20(18(3)4)21(19)24-16-23(15-22(24,5)6)13-8-7-9-14-23;1-14(2)16-10-9-11-17(15(3)4)18(16)21-13-19(5,6)12-20(21,7)8;1-13(2)15-8-7-9-16(14(3)4)17(15)19-11-10-18(5,6)12-19;2*1-8(2)11-10-7-5-4-6-9(10)3;1-2-5-8-6-3-4-7-9-8;;;;;;;;;/h10-12,16-18H,7-9,13-15H2,1-6H3;9-11,13-15H,12H2,1-8H3;7-9,12-14H,10-11H2,1-6H3;2*3-8H,1-2H3;1,3-4,6-7H,2,5H2;6*1H;;;/q3*-1;;;;;;;;;;3*+2/p-6. The first kappa shape index (κ1) is 92.1. The molecule has 6 nitrogen and oxygen atoms in total. The van der Waals surface area contributed by atoms with Crippen molar-refractivity contribution in [3.63, 3.8) is 0 Å². The summed E-state index contributed by atoms with van der Waals surface area (Å²) in [6.45, 7) is 63.4. The fourth-order valence-electron chi connectivity index (χ4n) is 14.9. The minimum absolute atomic E-state index is 0.163. The van der Waals surface area contributed by atoms with Crippen molar-refractivity contribution in [2.24, 2.45) is 16.2 Å². The summed E-state index contributed by atoms with van der Waals surface area (Å²) >= 11 is -5.10. The number of hydrogen-bond acceptors (Lipinski definition) is 6. The van der Waals surface area contributed by atoms with Crippen LogP contribution in [-0.4, -0.2) is 48.6 Å². The van der Waals surface area contributed by atoms with Gasteiger partial charge >= 0.3 is 281 Å². The van der Waals surface area contributed by atoms with Gasteiger partial charge in [0.1, 0.15) is 0 Å². The molecule has 0 unspecified atom stereocenters. The Kier molecular flexibility index (Phi) is 37.9. The van der Waals surface area contributed by atoms with E-state index >= 15 is 0 Å². The fraction of sp³-hybridized carbons (Fsp3) is 0.539. The van der Waals surface area contributed by atoms with E-state index in [0.717, 1.165) is 47.7 Å². The zero-order chi connectivity index (χ0) is 77.7. The molecule has 104 heavy (non-hydrogen) atoms. The van der Waals surface area contributed by atoms with Gasteiger partial charge in [0.15, 0.2) is 0 Å². The van der Waals surface area contributed by atoms with E-state index in [9.17, 15) is 0 Å². The maximum atomic E-state index is 5.82. The van der Waals surface area contributed by atoms with E-state index in [1.807, 2.05) is 108 Å². The minimum atomic E-state index is -1.77. The topological polar surface area (TPSA) is 41.1 Å². The number of aryl methyl sites for hydroxylation is 1. The van der Waals surface area contributed by atoms with Gasteiger partial charge in [0.25, 0.3) is 0 Å². The van der Waals surface area contributed by atoms with Crippen molar-refractivity contribution in [1.82, 2.24) is 4.98 Å². The third-order valence-electron chi connectivity index (χ3n) is 19.3. The van der Waals surface area contributed by atoms with Crippen LogP contribution >= 0.6 is 58.1 Å². The molecule has 5 aromatic carbocycles. The molecule has 4 heterocycles. The maximum absolute atomic E-state index is 5.82. The molecule has 15 heteroatoms. The zero-order valence-electron chi connectivity index (χ0n) is 67.4. The average molecular weight is 1800 g/mol. The molecule has 10 rings (SSSR count). The van der Waals surface area contributed by atoms with Gasteiger partial charge in [-0.25, -0.2) is 19.6 Å². The van der Waals surface area contributed by atoms with Crippen molar-refractivity contribution in [3.8, 4) is 11.5 Å². The number of aromatic nitrogens is 1. The Morgan fingerprint density at radius 1 is 0.423 bits per heavy atom. The normalized spacial score (nSPS) is 17.1. The summed E-state index contributed by atoms with van der Waals surface area (Å²) in [7, 11) is 34.6. The second-order valence-electron chi connectivity index (χ2n) is 33.5. The number of pyridine rings is 1. The monoisotopic (exact) mass is 1800 g/mol. The van der Waals surface area contributed by atoms with Crippen LogP contribution in [0.5, 0.6) is 11.5 Å². The van der Waals surface area contributed by atoms with Crippen LogP contribution in [-0.2, 0) is 47.0 Å². The Balaban J connectivity index is 0.000000228. The van der Waals surface area contributed by atoms with Crippen molar-refractivity contribution < 1.29 is 50.0 Å². The van der Waals surface area contributed by atoms with Gasteiger partial charge < -0.3 is 14.7 Å². The number of hydrogen-bond donors (Lipinski definition) is 0. The molecule has 1 aliphatic carbocycles. The molecule has 3 aliphatic heterocycles. The van der Waals surface area contributed by atoms with Crippen molar-refractivity contribution in [3.05, 3.63) is 197 Å². The zero-order valence-corrected chi connectivity index (χ0v) is 77.2. The first-order valence-electron chi connectivity index (χ1n) is 37.8. The summed E-state index contributed by atoms with van der Waals surface area (Å²) in [6.07, 6.45) is 14.8. The van der Waals surface area contributed by atoms with Crippen LogP contribution in [0, 0.1) is 35.9 Å². The Morgan fingerprint density at radius 2 is 0.808 bits per heavy atom. The van der Waals surface area contributed by atoms with E-state index in [-0.39, 0.29) is 28.7 Å². The molecular weight excluding hydrogens is 1670 g/mol. The summed E-state index contributed by atoms with van der Waals surface area (Å²) in [5, 5.41) is 0. The Labute approximate surface area is 673 Å². The fourth-order valence-corrected chi connectivity index (χ4v) is 20.1. The van der Waals surface area contributed by atoms with Gasteiger partial charge in [0, 0.05) is 28.1 Å². The number of para-hydroxylation sites is 5. The van der Waals surface area contributed by atoms with Crippen LogP contribution in [0.3, 0.4) is 0 Å². The van der Waals surface area contributed by atoms with Crippen LogP contribution in [0.25, 0.3) is 0 Å². The van der Waals surface area contributed by atoms with Gasteiger partial charge in [-0.05, 0) is 103 Å². The third-order valence-corrected chi connectivity index (χ3v) is 25.3. The Morgan fingerprint density at radius 3 is 1.14 bits per heavy atom. The number of rotatable bonds is 18. The van der Waals surface area contributed by atoms with Gasteiger partial charge in [0.05, 0.1) is 0 Å². The van der Waals surface area contributed by atoms with Gasteiger partial charge in [-0.15, -0.1) is 16.2 Å². The van der Waals surface area contributed by atoms with Gasteiger partial charge in [-0.1, -0.05) is 217 Å². The molecule has 4 fully saturated rings. The predicted octanol–water partition coefficient (Wildman–Crippen LogP) is 28.3. The van der Waals surface area contributed by atoms with E-state index in [4.69, 9.17) is 67.6 Å². The molecule has 1 spiro atoms. The molecule has 586 valence electrons. The second-order valence-corrected chi connectivity index (χ2v) is 50.8. The third kappa shape index (κ3) is 29.0. The number of anilines is 3. The molecule has 4 aliphatic rings. The van der Waals surface area contributed by atoms with Crippen LogP contribution in [0.2, 0.25) is 0 Å². The molecule has 0 N–H and O–H groups in total. The van der Waals surface area contributed by atoms with Crippen LogP contribution in [0.1, 0.15) is 310 Å². The molecule has 0 radical (unpaired) electrons. The summed E-state index contributed by atoms with van der Waals surface area (Å²) in [4.78, 5) is 11.9. The quantitative estimate of drug-likeness (QED) is 0.0631. The van der Waals surface area contributed by atoms with E-state index in [1.54, 1.807) is 6.20 Å². The number of ether oxygens (including phenoxy) is 2. The van der Waals surface area contributed by atoms with Gasteiger partial charge in [0.2, 0.25) is 0 Å². The molecule has 0 bridgehead atoms. The Hall–Kier alpha value is -2.53. The molecule has 3 saturated heterocycles. The van der Waals surface area contributed by atoms with E-state index in [1.165, 1.54) is 102 Å². The van der Waals surface area contributed by atoms with Gasteiger partial charge in [-0.2, -0.15) is 0 Å². The molecule has 1 aromatic heterocycles. The summed E-state index contributed by atoms with van der Waals surface area (Å²) in [5.74, 6) is 5.07. The predicted molar refractivity (Wildman–Crippen MR) is 453 cm³/mol. The first-order chi connectivity index (χ1) is 48.6. The summed E-state index contributed by atoms with van der Waals surface area (Å²) in [5.41, 5.74) is 17.9. The van der Waals surface area contributed by atoms with E-state index < -0.39 is 40.6 Å². The number of benzene rings is 5. The second kappa shape index (κ2) is 42.8. The van der Waals surface area contributed by atoms with Crippen LogP contribution in [0.15, 0.2) is 128 Å². The Bertz CT molecular complexity index is 3550. The number of nitrogens with zero attached hydrogens (tertiary/aromatic N) is 4. The number of halogens is 6. The van der Waals surface area contributed by atoms with Crippen LogP contribution in [0.4, 0.5) is 17.1 Å². The van der Waals surface area contributed by atoms with Crippen molar-refractivity contribution in [2.45, 2.75) is 289 Å². The average Bonchev–Trinajstić information content (AvgIpc) is 1.43. The molecular formula is C89H129Cl6N4O2Ru3-3. The molecule has 0 amide bonds. The van der Waals surface area contributed by atoms with E-state index in [2.05, 4.69) is 232 Å². The first-order valence-corrected chi connectivity index (χ1v) is 54.2.